The van der Waals surface area contributed by atoms with E-state index in [-0.39, 0.29) is 11.3 Å². The Hall–Kier alpha value is -1.39. The topological polar surface area (TPSA) is 58.4 Å². The molecule has 0 bridgehead atoms. The lowest BCUT2D eigenvalue weighted by Gasteiger charge is -2.38. The highest BCUT2D eigenvalue weighted by Crippen LogP contribution is 2.29. The van der Waals surface area contributed by atoms with Crippen LogP contribution in [0.3, 0.4) is 0 Å². The van der Waals surface area contributed by atoms with E-state index in [0.29, 0.717) is 6.54 Å². The van der Waals surface area contributed by atoms with Gasteiger partial charge in [-0.25, -0.2) is 0 Å². The number of hydrogen-bond acceptors (Lipinski definition) is 3. The molecule has 20 heavy (non-hydrogen) atoms. The minimum absolute atomic E-state index is 0.0620. The minimum Gasteiger partial charge on any atom is -0.330 e. The zero-order chi connectivity index (χ0) is 14.6. The van der Waals surface area contributed by atoms with Crippen molar-refractivity contribution >= 4 is 11.6 Å². The fourth-order valence-corrected chi connectivity index (χ4v) is 2.58. The predicted octanol–water partition coefficient (Wildman–Crippen LogP) is 1.99. The molecular weight excluding hydrogens is 250 g/mol. The van der Waals surface area contributed by atoms with E-state index in [0.717, 1.165) is 43.7 Å². The molecule has 0 saturated carbocycles. The highest BCUT2D eigenvalue weighted by Gasteiger charge is 2.29. The van der Waals surface area contributed by atoms with E-state index < -0.39 is 0 Å². The normalized spacial score (nSPS) is 18.8. The van der Waals surface area contributed by atoms with Crippen LogP contribution in [0, 0.1) is 12.3 Å². The molecular formula is C16H25N3O. The Bertz CT molecular complexity index is 465. The molecule has 1 aliphatic rings. The van der Waals surface area contributed by atoms with Crippen LogP contribution in [0.15, 0.2) is 24.3 Å². The van der Waals surface area contributed by atoms with Gasteiger partial charge in [0.1, 0.15) is 0 Å². The maximum Gasteiger partial charge on any atom is 0.238 e. The zero-order valence-electron chi connectivity index (χ0n) is 12.5. The summed E-state index contributed by atoms with van der Waals surface area (Å²) in [5, 5.41) is 2.96. The zero-order valence-corrected chi connectivity index (χ0v) is 12.5. The highest BCUT2D eigenvalue weighted by molar-refractivity contribution is 5.92. The first kappa shape index (κ1) is 15.0. The Morgan fingerprint density at radius 3 is 2.70 bits per heavy atom. The molecule has 0 aromatic heterocycles. The van der Waals surface area contributed by atoms with Crippen LogP contribution in [0.4, 0.5) is 5.69 Å². The number of rotatable bonds is 4. The first-order chi connectivity index (χ1) is 9.50. The first-order valence-corrected chi connectivity index (χ1v) is 7.30. The number of nitrogens with two attached hydrogens (primary N) is 1. The van der Waals surface area contributed by atoms with Crippen LogP contribution in [0.25, 0.3) is 0 Å². The molecule has 1 aliphatic heterocycles. The molecule has 0 atom stereocenters. The molecule has 0 aliphatic carbocycles. The van der Waals surface area contributed by atoms with Crippen molar-refractivity contribution in [1.82, 2.24) is 4.90 Å². The number of anilines is 1. The second-order valence-corrected chi connectivity index (χ2v) is 6.21. The lowest BCUT2D eigenvalue weighted by atomic mass is 9.80. The number of carbonyl (C=O) groups excluding carboxylic acids is 1. The fourth-order valence-electron chi connectivity index (χ4n) is 2.58. The lowest BCUT2D eigenvalue weighted by molar-refractivity contribution is -0.117. The monoisotopic (exact) mass is 275 g/mol. The lowest BCUT2D eigenvalue weighted by Crippen LogP contribution is -2.44. The number of amides is 1. The third-order valence-corrected chi connectivity index (χ3v) is 4.23. The van der Waals surface area contributed by atoms with Gasteiger partial charge in [-0.3, -0.25) is 9.69 Å². The van der Waals surface area contributed by atoms with Gasteiger partial charge in [-0.15, -0.1) is 0 Å². The summed E-state index contributed by atoms with van der Waals surface area (Å²) in [7, 11) is 0. The van der Waals surface area contributed by atoms with Gasteiger partial charge in [-0.2, -0.15) is 0 Å². The summed E-state index contributed by atoms with van der Waals surface area (Å²) in [6, 6.07) is 7.89. The third kappa shape index (κ3) is 4.05. The van der Waals surface area contributed by atoms with Gasteiger partial charge in [0.25, 0.3) is 0 Å². The van der Waals surface area contributed by atoms with Crippen molar-refractivity contribution in [3.8, 4) is 0 Å². The molecule has 2 rings (SSSR count). The number of nitrogens with one attached hydrogen (secondary N) is 1. The maximum absolute atomic E-state index is 12.0. The van der Waals surface area contributed by atoms with Gasteiger partial charge in [-0.1, -0.05) is 19.1 Å². The molecule has 0 spiro atoms. The Kier molecular flexibility index (Phi) is 4.78. The standard InChI is InChI=1S/C16H25N3O/c1-13-4-3-5-14(10-13)18-15(20)11-19-8-6-16(2,12-17)7-9-19/h3-5,10H,6-9,11-12,17H2,1-2H3,(H,18,20). The van der Waals surface area contributed by atoms with Gasteiger partial charge < -0.3 is 11.1 Å². The van der Waals surface area contributed by atoms with Crippen LogP contribution >= 0.6 is 0 Å². The quantitative estimate of drug-likeness (QED) is 0.883. The van der Waals surface area contributed by atoms with E-state index in [9.17, 15) is 4.79 Å². The molecule has 1 amide bonds. The summed E-state index contributed by atoms with van der Waals surface area (Å²) >= 11 is 0. The van der Waals surface area contributed by atoms with E-state index in [4.69, 9.17) is 5.73 Å². The smallest absolute Gasteiger partial charge is 0.238 e. The Morgan fingerprint density at radius 2 is 2.10 bits per heavy atom. The summed E-state index contributed by atoms with van der Waals surface area (Å²) in [6.07, 6.45) is 2.14. The SMILES string of the molecule is Cc1cccc(NC(=O)CN2CCC(C)(CN)CC2)c1. The summed E-state index contributed by atoms with van der Waals surface area (Å²) in [5.74, 6) is 0.0620. The minimum atomic E-state index is 0.0620. The molecule has 4 heteroatoms. The van der Waals surface area contributed by atoms with Gasteiger partial charge in [0.05, 0.1) is 6.54 Å². The van der Waals surface area contributed by atoms with Crippen LogP contribution < -0.4 is 11.1 Å². The average molecular weight is 275 g/mol. The number of carbonyl (C=O) groups is 1. The van der Waals surface area contributed by atoms with E-state index in [1.807, 2.05) is 31.2 Å². The van der Waals surface area contributed by atoms with Crippen molar-refractivity contribution in [3.63, 3.8) is 0 Å². The number of piperidine rings is 1. The second-order valence-electron chi connectivity index (χ2n) is 6.21. The Labute approximate surface area is 121 Å². The fraction of sp³-hybridized carbons (Fsp3) is 0.562. The largest absolute Gasteiger partial charge is 0.330 e. The van der Waals surface area contributed by atoms with Crippen LogP contribution in [0.1, 0.15) is 25.3 Å². The number of nitrogens with zero attached hydrogens (tertiary/aromatic N) is 1. The highest BCUT2D eigenvalue weighted by atomic mass is 16.2. The van der Waals surface area contributed by atoms with Gasteiger partial charge >= 0.3 is 0 Å². The molecule has 110 valence electrons. The average Bonchev–Trinajstić information content (AvgIpc) is 2.42. The van der Waals surface area contributed by atoms with Crippen molar-refractivity contribution in [2.75, 3.05) is 31.5 Å². The molecule has 1 fully saturated rings. The van der Waals surface area contributed by atoms with Crippen LogP contribution in [0.5, 0.6) is 0 Å². The second kappa shape index (κ2) is 6.37. The van der Waals surface area contributed by atoms with Crippen molar-refractivity contribution in [1.29, 1.82) is 0 Å². The van der Waals surface area contributed by atoms with E-state index >= 15 is 0 Å². The number of aryl methyl sites for hydroxylation is 1. The number of benzene rings is 1. The van der Waals surface area contributed by atoms with Crippen molar-refractivity contribution < 1.29 is 4.79 Å². The first-order valence-electron chi connectivity index (χ1n) is 7.30. The van der Waals surface area contributed by atoms with Crippen molar-refractivity contribution in [2.24, 2.45) is 11.1 Å². The van der Waals surface area contributed by atoms with Crippen LogP contribution in [-0.4, -0.2) is 37.0 Å². The van der Waals surface area contributed by atoms with Gasteiger partial charge in [0.15, 0.2) is 0 Å². The molecule has 3 N–H and O–H groups in total. The summed E-state index contributed by atoms with van der Waals surface area (Å²) in [5.41, 5.74) is 8.08. The Balaban J connectivity index is 1.81. The number of likely N-dealkylation sites (tertiary alicyclic amines) is 1. The summed E-state index contributed by atoms with van der Waals surface area (Å²) in [4.78, 5) is 14.3. The van der Waals surface area contributed by atoms with Gasteiger partial charge in [-0.05, 0) is 62.5 Å². The van der Waals surface area contributed by atoms with E-state index in [2.05, 4.69) is 17.1 Å². The van der Waals surface area contributed by atoms with E-state index in [1.165, 1.54) is 0 Å². The molecule has 4 nitrogen and oxygen atoms in total. The number of hydrogen-bond donors (Lipinski definition) is 2. The molecule has 1 aromatic carbocycles. The van der Waals surface area contributed by atoms with Crippen molar-refractivity contribution in [3.05, 3.63) is 29.8 Å². The summed E-state index contributed by atoms with van der Waals surface area (Å²) < 4.78 is 0. The van der Waals surface area contributed by atoms with Gasteiger partial charge in [0, 0.05) is 5.69 Å². The molecule has 0 unspecified atom stereocenters. The molecule has 1 heterocycles. The Morgan fingerprint density at radius 1 is 1.40 bits per heavy atom. The summed E-state index contributed by atoms with van der Waals surface area (Å²) in [6.45, 7) is 7.36. The molecule has 0 radical (unpaired) electrons. The van der Waals surface area contributed by atoms with E-state index in [1.54, 1.807) is 0 Å². The van der Waals surface area contributed by atoms with Gasteiger partial charge in [0.2, 0.25) is 5.91 Å². The third-order valence-electron chi connectivity index (χ3n) is 4.23. The van der Waals surface area contributed by atoms with Crippen LogP contribution in [-0.2, 0) is 4.79 Å². The van der Waals surface area contributed by atoms with Crippen molar-refractivity contribution in [2.45, 2.75) is 26.7 Å². The molecule has 1 saturated heterocycles. The molecule has 1 aromatic rings. The predicted molar refractivity (Wildman–Crippen MR) is 82.6 cm³/mol. The van der Waals surface area contributed by atoms with Crippen LogP contribution in [0.2, 0.25) is 0 Å². The maximum atomic E-state index is 12.0.